The minimum absolute atomic E-state index is 0.141. The maximum atomic E-state index is 11.8. The second-order valence-corrected chi connectivity index (χ2v) is 10.6. The van der Waals surface area contributed by atoms with Crippen LogP contribution in [0.15, 0.2) is 36.5 Å². The van der Waals surface area contributed by atoms with Gasteiger partial charge in [-0.25, -0.2) is 4.79 Å². The molecule has 1 N–H and O–H groups in total. The molecule has 3 aliphatic rings. The Morgan fingerprint density at radius 3 is 2.79 bits per heavy atom. The lowest BCUT2D eigenvalue weighted by Gasteiger charge is -2.41. The highest BCUT2D eigenvalue weighted by Crippen LogP contribution is 2.33. The van der Waals surface area contributed by atoms with Gasteiger partial charge >= 0.3 is 12.1 Å². The average Bonchev–Trinajstić information content (AvgIpc) is 3.59. The van der Waals surface area contributed by atoms with Crippen molar-refractivity contribution in [2.45, 2.75) is 44.3 Å². The highest BCUT2D eigenvalue weighted by atomic mass is 16.5. The van der Waals surface area contributed by atoms with Crippen LogP contribution in [0.4, 0.5) is 16.4 Å². The van der Waals surface area contributed by atoms with Crippen molar-refractivity contribution < 1.29 is 14.6 Å². The van der Waals surface area contributed by atoms with Crippen molar-refractivity contribution in [2.24, 2.45) is 0 Å². The minimum atomic E-state index is -0.987. The van der Waals surface area contributed by atoms with E-state index in [0.29, 0.717) is 44.8 Å². The normalized spacial score (nSPS) is 21.7. The predicted molar refractivity (Wildman–Crippen MR) is 146 cm³/mol. The number of piperazine rings is 1. The van der Waals surface area contributed by atoms with E-state index in [-0.39, 0.29) is 6.42 Å². The highest BCUT2D eigenvalue weighted by Gasteiger charge is 2.34. The number of pyridine rings is 1. The summed E-state index contributed by atoms with van der Waals surface area (Å²) in [6, 6.07) is 12.9. The van der Waals surface area contributed by atoms with Crippen LogP contribution >= 0.6 is 0 Å². The Morgan fingerprint density at radius 2 is 2.00 bits per heavy atom. The van der Waals surface area contributed by atoms with Crippen LogP contribution in [-0.2, 0) is 13.0 Å². The van der Waals surface area contributed by atoms with Crippen LogP contribution in [0.2, 0.25) is 0 Å². The number of rotatable bonds is 6. The third-order valence-corrected chi connectivity index (χ3v) is 8.32. The molecule has 0 bridgehead atoms. The Hall–Kier alpha value is -4.04. The molecule has 11 nitrogen and oxygen atoms in total. The lowest BCUT2D eigenvalue weighted by molar-refractivity contribution is 0.119. The molecular formula is C28H34N8O3. The maximum Gasteiger partial charge on any atom is 0.407 e. The summed E-state index contributed by atoms with van der Waals surface area (Å²) in [5, 5.41) is 19.0. The summed E-state index contributed by atoms with van der Waals surface area (Å²) in [4.78, 5) is 29.8. The molecule has 0 spiro atoms. The molecule has 6 rings (SSSR count). The van der Waals surface area contributed by atoms with Gasteiger partial charge in [-0.3, -0.25) is 0 Å². The first-order chi connectivity index (χ1) is 19.0. The van der Waals surface area contributed by atoms with Crippen LogP contribution in [0.3, 0.4) is 0 Å². The van der Waals surface area contributed by atoms with Gasteiger partial charge in [-0.1, -0.05) is 6.07 Å². The van der Waals surface area contributed by atoms with E-state index in [2.05, 4.69) is 68.7 Å². The molecule has 2 fully saturated rings. The molecule has 2 atom stereocenters. The molecule has 2 saturated heterocycles. The first kappa shape index (κ1) is 25.2. The van der Waals surface area contributed by atoms with Gasteiger partial charge < -0.3 is 33.8 Å². The van der Waals surface area contributed by atoms with Gasteiger partial charge in [0, 0.05) is 49.5 Å². The number of carboxylic acid groups (broad SMARTS) is 1. The van der Waals surface area contributed by atoms with Crippen molar-refractivity contribution in [3.8, 4) is 12.1 Å². The summed E-state index contributed by atoms with van der Waals surface area (Å²) in [5.74, 6) is 1.92. The van der Waals surface area contributed by atoms with E-state index in [0.717, 1.165) is 60.8 Å². The molecule has 0 aliphatic carbocycles. The van der Waals surface area contributed by atoms with Crippen LogP contribution in [0.1, 0.15) is 30.5 Å². The Bertz CT molecular complexity index is 1400. The van der Waals surface area contributed by atoms with Crippen molar-refractivity contribution >= 4 is 23.2 Å². The molecule has 0 unspecified atom stereocenters. The summed E-state index contributed by atoms with van der Waals surface area (Å²) >= 11 is 0. The van der Waals surface area contributed by atoms with E-state index < -0.39 is 12.1 Å². The molecule has 3 aromatic rings. The van der Waals surface area contributed by atoms with Crippen molar-refractivity contribution in [3.63, 3.8) is 0 Å². The Kier molecular flexibility index (Phi) is 6.87. The van der Waals surface area contributed by atoms with Gasteiger partial charge in [0.1, 0.15) is 18.2 Å². The Labute approximate surface area is 227 Å². The number of aromatic nitrogens is 3. The summed E-state index contributed by atoms with van der Waals surface area (Å²) in [5.41, 5.74) is 3.16. The third-order valence-electron chi connectivity index (χ3n) is 8.32. The monoisotopic (exact) mass is 530 g/mol. The molecule has 0 aromatic carbocycles. The molecule has 11 heteroatoms. The Morgan fingerprint density at radius 1 is 1.13 bits per heavy atom. The molecular weight excluding hydrogens is 496 g/mol. The second-order valence-electron chi connectivity index (χ2n) is 10.6. The number of nitrogens with zero attached hydrogens (tertiary/aromatic N) is 8. The fourth-order valence-corrected chi connectivity index (χ4v) is 6.16. The SMILES string of the molecule is CN1CCC[C@H]1COc1nc2c(c(N3CCN(C(=O)O)[C@@H](CC#N)C3)n1)CCN(c1cccc3cccn13)C2. The zero-order valence-electron chi connectivity index (χ0n) is 22.2. The molecule has 204 valence electrons. The van der Waals surface area contributed by atoms with Gasteiger partial charge in [0.05, 0.1) is 30.8 Å². The number of likely N-dealkylation sites (tertiary alicyclic amines) is 1. The van der Waals surface area contributed by atoms with Gasteiger partial charge in [0.2, 0.25) is 0 Å². The van der Waals surface area contributed by atoms with Crippen LogP contribution in [0.5, 0.6) is 6.01 Å². The standard InChI is InChI=1S/C28H34N8O3/c1-32-12-3-7-22(32)19-39-27-30-24-18-33(25-8-2-5-20-6-4-13-35(20)25)14-10-23(24)26(31-27)34-15-16-36(28(37)38)21(17-34)9-11-29/h2,4-6,8,13,21-22H,3,7,9-10,12,14-19H2,1H3,(H,37,38)/t21-,22-/m0/s1. The van der Waals surface area contributed by atoms with E-state index in [4.69, 9.17) is 14.7 Å². The third kappa shape index (κ3) is 4.92. The van der Waals surface area contributed by atoms with Crippen molar-refractivity contribution in [1.82, 2.24) is 24.2 Å². The molecule has 6 heterocycles. The summed E-state index contributed by atoms with van der Waals surface area (Å²) < 4.78 is 8.41. The van der Waals surface area contributed by atoms with E-state index in [1.54, 1.807) is 0 Å². The number of ether oxygens (including phenoxy) is 1. The lowest BCUT2D eigenvalue weighted by atomic mass is 10.0. The Balaban J connectivity index is 1.32. The highest BCUT2D eigenvalue weighted by molar-refractivity contribution is 5.66. The van der Waals surface area contributed by atoms with Crippen LogP contribution in [0.25, 0.3) is 5.52 Å². The van der Waals surface area contributed by atoms with E-state index in [9.17, 15) is 15.2 Å². The number of amides is 1. The number of anilines is 2. The van der Waals surface area contributed by atoms with Gasteiger partial charge in [-0.2, -0.15) is 15.2 Å². The molecule has 0 saturated carbocycles. The molecule has 3 aliphatic heterocycles. The first-order valence-corrected chi connectivity index (χ1v) is 13.7. The fourth-order valence-electron chi connectivity index (χ4n) is 6.16. The predicted octanol–water partition coefficient (Wildman–Crippen LogP) is 2.85. The summed E-state index contributed by atoms with van der Waals surface area (Å²) in [7, 11) is 2.12. The average molecular weight is 531 g/mol. The lowest BCUT2D eigenvalue weighted by Crippen LogP contribution is -2.55. The first-order valence-electron chi connectivity index (χ1n) is 13.7. The topological polar surface area (TPSA) is 113 Å². The zero-order chi connectivity index (χ0) is 26.9. The quantitative estimate of drug-likeness (QED) is 0.514. The van der Waals surface area contributed by atoms with E-state index in [1.165, 1.54) is 4.90 Å². The molecule has 39 heavy (non-hydrogen) atoms. The molecule has 3 aromatic heterocycles. The molecule has 1 amide bonds. The number of fused-ring (bicyclic) bond motifs is 2. The smallest absolute Gasteiger partial charge is 0.407 e. The molecule has 0 radical (unpaired) electrons. The van der Waals surface area contributed by atoms with E-state index >= 15 is 0 Å². The van der Waals surface area contributed by atoms with Crippen molar-refractivity contribution in [1.29, 1.82) is 5.26 Å². The summed E-state index contributed by atoms with van der Waals surface area (Å²) in [6.07, 6.45) is 4.25. The number of hydrogen-bond donors (Lipinski definition) is 1. The van der Waals surface area contributed by atoms with Crippen LogP contribution in [-0.4, -0.2) is 93.8 Å². The minimum Gasteiger partial charge on any atom is -0.465 e. The van der Waals surface area contributed by atoms with Crippen LogP contribution in [0, 0.1) is 11.3 Å². The number of nitriles is 1. The van der Waals surface area contributed by atoms with Gasteiger partial charge in [0.15, 0.2) is 0 Å². The summed E-state index contributed by atoms with van der Waals surface area (Å²) in [6.45, 7) is 4.28. The van der Waals surface area contributed by atoms with Gasteiger partial charge in [-0.15, -0.1) is 0 Å². The number of hydrogen-bond acceptors (Lipinski definition) is 8. The fraction of sp³-hybridized carbons (Fsp3) is 0.500. The largest absolute Gasteiger partial charge is 0.465 e. The van der Waals surface area contributed by atoms with Gasteiger partial charge in [-0.05, 0) is 57.1 Å². The van der Waals surface area contributed by atoms with Crippen molar-refractivity contribution in [3.05, 3.63) is 47.8 Å². The van der Waals surface area contributed by atoms with E-state index in [1.807, 2.05) is 0 Å². The number of carbonyl (C=O) groups is 1. The maximum absolute atomic E-state index is 11.8. The number of likely N-dealkylation sites (N-methyl/N-ethyl adjacent to an activating group) is 1. The van der Waals surface area contributed by atoms with Gasteiger partial charge in [0.25, 0.3) is 0 Å². The zero-order valence-corrected chi connectivity index (χ0v) is 22.2. The van der Waals surface area contributed by atoms with Crippen molar-refractivity contribution in [2.75, 3.05) is 56.2 Å². The van der Waals surface area contributed by atoms with Crippen LogP contribution < -0.4 is 14.5 Å². The second kappa shape index (κ2) is 10.6.